The van der Waals surface area contributed by atoms with Crippen LogP contribution in [0.4, 0.5) is 5.69 Å². The average Bonchev–Trinajstić information content (AvgIpc) is 2.76. The largest absolute Gasteiger partial charge is 0.495 e. The number of benzene rings is 2. The molecule has 2 amide bonds. The van der Waals surface area contributed by atoms with Gasteiger partial charge in [-0.2, -0.15) is 0 Å². The quantitative estimate of drug-likeness (QED) is 0.506. The van der Waals surface area contributed by atoms with Gasteiger partial charge in [-0.1, -0.05) is 35.3 Å². The molecule has 8 nitrogen and oxygen atoms in total. The molecule has 11 heteroatoms. The number of rotatable bonds is 10. The second kappa shape index (κ2) is 11.8. The Morgan fingerprint density at radius 2 is 1.76 bits per heavy atom. The summed E-state index contributed by atoms with van der Waals surface area (Å²) >= 11 is 12.6. The van der Waals surface area contributed by atoms with Gasteiger partial charge < -0.3 is 15.0 Å². The Morgan fingerprint density at radius 1 is 1.15 bits per heavy atom. The number of carbonyl (C=O) groups is 2. The lowest BCUT2D eigenvalue weighted by molar-refractivity contribution is -0.139. The minimum absolute atomic E-state index is 0.0851. The zero-order chi connectivity index (χ0) is 25.6. The molecule has 0 saturated carbocycles. The third kappa shape index (κ3) is 6.77. The summed E-state index contributed by atoms with van der Waals surface area (Å²) in [6.07, 6.45) is 1.00. The van der Waals surface area contributed by atoms with Gasteiger partial charge in [0.05, 0.1) is 19.1 Å². The molecule has 0 bridgehead atoms. The number of halogens is 2. The summed E-state index contributed by atoms with van der Waals surface area (Å²) in [5, 5.41) is 3.34. The molecular formula is C23H29Cl2N3O5S. The molecule has 1 atom stereocenters. The number of aryl methyl sites for hydroxylation is 1. The van der Waals surface area contributed by atoms with Gasteiger partial charge in [0.2, 0.25) is 21.8 Å². The first-order valence-electron chi connectivity index (χ1n) is 10.5. The van der Waals surface area contributed by atoms with E-state index < -0.39 is 34.4 Å². The van der Waals surface area contributed by atoms with Crippen LogP contribution < -0.4 is 14.4 Å². The second-order valence-electron chi connectivity index (χ2n) is 7.74. The SMILES string of the molecule is CCNC(=O)C(C)N(Cc1c(Cl)cccc1Cl)C(=O)CN(c1cc(C)ccc1OC)S(C)(=O)=O. The molecule has 2 rings (SSSR count). The van der Waals surface area contributed by atoms with Crippen LogP contribution in [-0.2, 0) is 26.2 Å². The fourth-order valence-electron chi connectivity index (χ4n) is 3.35. The van der Waals surface area contributed by atoms with Crippen LogP contribution in [0, 0.1) is 6.92 Å². The molecular weight excluding hydrogens is 501 g/mol. The third-order valence-electron chi connectivity index (χ3n) is 5.19. The molecule has 0 aliphatic carbocycles. The van der Waals surface area contributed by atoms with Crippen LogP contribution >= 0.6 is 23.2 Å². The van der Waals surface area contributed by atoms with Crippen LogP contribution in [0.1, 0.15) is 25.0 Å². The van der Waals surface area contributed by atoms with Gasteiger partial charge in [-0.05, 0) is 50.6 Å². The van der Waals surface area contributed by atoms with Crippen LogP contribution in [0.5, 0.6) is 5.75 Å². The van der Waals surface area contributed by atoms with E-state index in [1.54, 1.807) is 57.2 Å². The van der Waals surface area contributed by atoms with E-state index in [0.29, 0.717) is 27.9 Å². The first kappa shape index (κ1) is 27.8. The van der Waals surface area contributed by atoms with E-state index in [0.717, 1.165) is 16.1 Å². The molecule has 0 aliphatic heterocycles. The van der Waals surface area contributed by atoms with E-state index in [1.807, 2.05) is 0 Å². The zero-order valence-electron chi connectivity index (χ0n) is 19.8. The van der Waals surface area contributed by atoms with E-state index in [4.69, 9.17) is 27.9 Å². The van der Waals surface area contributed by atoms with Gasteiger partial charge in [0.15, 0.2) is 0 Å². The minimum atomic E-state index is -3.89. The number of hydrogen-bond acceptors (Lipinski definition) is 5. The number of nitrogens with zero attached hydrogens (tertiary/aromatic N) is 2. The Labute approximate surface area is 210 Å². The molecule has 0 aliphatic rings. The van der Waals surface area contributed by atoms with Gasteiger partial charge in [-0.3, -0.25) is 13.9 Å². The van der Waals surface area contributed by atoms with Crippen LogP contribution in [0.2, 0.25) is 10.0 Å². The van der Waals surface area contributed by atoms with Crippen molar-refractivity contribution in [2.75, 3.05) is 30.8 Å². The Hall–Kier alpha value is -2.49. The number of sulfonamides is 1. The molecule has 1 N–H and O–H groups in total. The van der Waals surface area contributed by atoms with E-state index in [9.17, 15) is 18.0 Å². The predicted molar refractivity (Wildman–Crippen MR) is 135 cm³/mol. The highest BCUT2D eigenvalue weighted by Gasteiger charge is 2.31. The third-order valence-corrected chi connectivity index (χ3v) is 7.03. The highest BCUT2D eigenvalue weighted by molar-refractivity contribution is 7.92. The molecule has 0 radical (unpaired) electrons. The maximum absolute atomic E-state index is 13.5. The standard InChI is InChI=1S/C23H29Cl2N3O5S/c1-6-26-23(30)16(3)27(13-17-18(24)8-7-9-19(17)25)22(29)14-28(34(5,31)32)20-12-15(2)10-11-21(20)33-4/h7-12,16H,6,13-14H2,1-5H3,(H,26,30). The smallest absolute Gasteiger partial charge is 0.244 e. The van der Waals surface area contributed by atoms with Gasteiger partial charge in [0, 0.05) is 28.7 Å². The topological polar surface area (TPSA) is 96.0 Å². The van der Waals surface area contributed by atoms with Crippen molar-refractivity contribution >= 4 is 50.7 Å². The second-order valence-corrected chi connectivity index (χ2v) is 10.5. The lowest BCUT2D eigenvalue weighted by Gasteiger charge is -2.32. The van der Waals surface area contributed by atoms with E-state index >= 15 is 0 Å². The summed E-state index contributed by atoms with van der Waals surface area (Å²) in [5.74, 6) is -0.705. The number of ether oxygens (including phenoxy) is 1. The highest BCUT2D eigenvalue weighted by atomic mass is 35.5. The highest BCUT2D eigenvalue weighted by Crippen LogP contribution is 2.32. The molecule has 0 saturated heterocycles. The monoisotopic (exact) mass is 529 g/mol. The number of likely N-dealkylation sites (N-methyl/N-ethyl adjacent to an activating group) is 1. The van der Waals surface area contributed by atoms with E-state index in [-0.39, 0.29) is 12.2 Å². The van der Waals surface area contributed by atoms with Crippen molar-refractivity contribution < 1.29 is 22.7 Å². The van der Waals surface area contributed by atoms with Crippen molar-refractivity contribution in [3.05, 3.63) is 57.6 Å². The van der Waals surface area contributed by atoms with Crippen molar-refractivity contribution in [3.63, 3.8) is 0 Å². The Bertz CT molecular complexity index is 1140. The number of hydrogen-bond donors (Lipinski definition) is 1. The molecule has 0 heterocycles. The molecule has 2 aromatic rings. The lowest BCUT2D eigenvalue weighted by Crippen LogP contribution is -2.51. The summed E-state index contributed by atoms with van der Waals surface area (Å²) in [5.41, 5.74) is 1.46. The van der Waals surface area contributed by atoms with Gasteiger partial charge in [-0.15, -0.1) is 0 Å². The van der Waals surface area contributed by atoms with Crippen molar-refractivity contribution in [2.45, 2.75) is 33.4 Å². The van der Waals surface area contributed by atoms with E-state index in [2.05, 4.69) is 5.32 Å². The average molecular weight is 530 g/mol. The Balaban J connectivity index is 2.52. The number of anilines is 1. The molecule has 186 valence electrons. The van der Waals surface area contributed by atoms with Crippen LogP contribution in [0.3, 0.4) is 0 Å². The van der Waals surface area contributed by atoms with Crippen molar-refractivity contribution in [3.8, 4) is 5.75 Å². The minimum Gasteiger partial charge on any atom is -0.495 e. The first-order valence-corrected chi connectivity index (χ1v) is 13.1. The normalized spacial score (nSPS) is 12.1. The lowest BCUT2D eigenvalue weighted by atomic mass is 10.1. The summed E-state index contributed by atoms with van der Waals surface area (Å²) in [7, 11) is -2.47. The number of methoxy groups -OCH3 is 1. The fourth-order valence-corrected chi connectivity index (χ4v) is 4.71. The van der Waals surface area contributed by atoms with Gasteiger partial charge in [0.25, 0.3) is 0 Å². The van der Waals surface area contributed by atoms with Crippen LogP contribution in [0.15, 0.2) is 36.4 Å². The van der Waals surface area contributed by atoms with Crippen LogP contribution in [0.25, 0.3) is 0 Å². The molecule has 1 unspecified atom stereocenters. The summed E-state index contributed by atoms with van der Waals surface area (Å²) in [6, 6.07) is 9.03. The maximum Gasteiger partial charge on any atom is 0.244 e. The van der Waals surface area contributed by atoms with Crippen molar-refractivity contribution in [1.82, 2.24) is 10.2 Å². The summed E-state index contributed by atoms with van der Waals surface area (Å²) < 4.78 is 31.7. The number of nitrogens with one attached hydrogen (secondary N) is 1. The van der Waals surface area contributed by atoms with Crippen molar-refractivity contribution in [1.29, 1.82) is 0 Å². The Kier molecular flexibility index (Phi) is 9.61. The number of amides is 2. The van der Waals surface area contributed by atoms with Gasteiger partial charge in [-0.25, -0.2) is 8.42 Å². The van der Waals surface area contributed by atoms with Gasteiger partial charge >= 0.3 is 0 Å². The number of carbonyl (C=O) groups excluding carboxylic acids is 2. The molecule has 34 heavy (non-hydrogen) atoms. The fraction of sp³-hybridized carbons (Fsp3) is 0.391. The van der Waals surface area contributed by atoms with E-state index in [1.165, 1.54) is 12.0 Å². The van der Waals surface area contributed by atoms with Crippen LogP contribution in [-0.4, -0.2) is 57.6 Å². The zero-order valence-corrected chi connectivity index (χ0v) is 22.1. The predicted octanol–water partition coefficient (Wildman–Crippen LogP) is 3.63. The molecule has 0 spiro atoms. The maximum atomic E-state index is 13.5. The first-order chi connectivity index (χ1) is 15.9. The molecule has 0 aromatic heterocycles. The Morgan fingerprint density at radius 3 is 2.29 bits per heavy atom. The summed E-state index contributed by atoms with van der Waals surface area (Å²) in [4.78, 5) is 27.4. The van der Waals surface area contributed by atoms with Gasteiger partial charge in [0.1, 0.15) is 18.3 Å². The van der Waals surface area contributed by atoms with Crippen molar-refractivity contribution in [2.24, 2.45) is 0 Å². The molecule has 2 aromatic carbocycles. The summed E-state index contributed by atoms with van der Waals surface area (Å²) in [6.45, 7) is 4.85. The molecule has 0 fully saturated rings.